The molecule has 1 aliphatic carbocycles. The Hall–Kier alpha value is -1.36. The number of nitrogens with zero attached hydrogens (tertiary/aromatic N) is 1. The van der Waals surface area contributed by atoms with E-state index < -0.39 is 9.84 Å². The zero-order chi connectivity index (χ0) is 17.9. The SMILES string of the molecule is Cc1ccccc1C1CCN(C(=O)CCS(=O)(=O)C2CCCC2)CC1. The maximum atomic E-state index is 12.4. The number of sulfone groups is 1. The van der Waals surface area contributed by atoms with Gasteiger partial charge in [0.25, 0.3) is 0 Å². The van der Waals surface area contributed by atoms with Crippen molar-refractivity contribution in [3.8, 4) is 0 Å². The fourth-order valence-corrected chi connectivity index (χ4v) is 6.13. The molecule has 0 unspecified atom stereocenters. The van der Waals surface area contributed by atoms with Crippen molar-refractivity contribution in [2.75, 3.05) is 18.8 Å². The Labute approximate surface area is 151 Å². The van der Waals surface area contributed by atoms with E-state index >= 15 is 0 Å². The Morgan fingerprint density at radius 2 is 1.72 bits per heavy atom. The molecule has 3 rings (SSSR count). The fourth-order valence-electron chi connectivity index (χ4n) is 4.29. The van der Waals surface area contributed by atoms with Crippen LogP contribution in [0.4, 0.5) is 0 Å². The highest BCUT2D eigenvalue weighted by Crippen LogP contribution is 2.30. The van der Waals surface area contributed by atoms with Crippen molar-refractivity contribution in [1.29, 1.82) is 0 Å². The number of likely N-dealkylation sites (tertiary alicyclic amines) is 1. The number of carbonyl (C=O) groups excluding carboxylic acids is 1. The number of aryl methyl sites for hydroxylation is 1. The van der Waals surface area contributed by atoms with Crippen molar-refractivity contribution in [2.24, 2.45) is 0 Å². The predicted molar refractivity (Wildman–Crippen MR) is 100 cm³/mol. The lowest BCUT2D eigenvalue weighted by Crippen LogP contribution is -2.39. The molecule has 2 fully saturated rings. The van der Waals surface area contributed by atoms with Gasteiger partial charge in [0.15, 0.2) is 9.84 Å². The summed E-state index contributed by atoms with van der Waals surface area (Å²) in [5.41, 5.74) is 2.70. The monoisotopic (exact) mass is 363 g/mol. The van der Waals surface area contributed by atoms with Crippen molar-refractivity contribution < 1.29 is 13.2 Å². The summed E-state index contributed by atoms with van der Waals surface area (Å²) in [5, 5.41) is -0.202. The first kappa shape index (κ1) is 18.4. The molecule has 0 aromatic heterocycles. The molecule has 1 amide bonds. The van der Waals surface area contributed by atoms with E-state index in [0.29, 0.717) is 5.92 Å². The van der Waals surface area contributed by atoms with Gasteiger partial charge in [0, 0.05) is 19.5 Å². The molecule has 1 aliphatic heterocycles. The summed E-state index contributed by atoms with van der Waals surface area (Å²) in [6.45, 7) is 3.61. The molecule has 0 spiro atoms. The van der Waals surface area contributed by atoms with Gasteiger partial charge in [-0.15, -0.1) is 0 Å². The van der Waals surface area contributed by atoms with E-state index in [1.807, 2.05) is 4.90 Å². The van der Waals surface area contributed by atoms with Gasteiger partial charge < -0.3 is 4.90 Å². The first-order chi connectivity index (χ1) is 12.0. The Balaban J connectivity index is 1.49. The molecule has 4 nitrogen and oxygen atoms in total. The predicted octanol–water partition coefficient (Wildman–Crippen LogP) is 3.45. The lowest BCUT2D eigenvalue weighted by molar-refractivity contribution is -0.131. The third-order valence-corrected chi connectivity index (χ3v) is 8.15. The van der Waals surface area contributed by atoms with E-state index in [0.717, 1.165) is 51.6 Å². The normalized spacial score (nSPS) is 20.1. The first-order valence-corrected chi connectivity index (χ1v) is 11.2. The van der Waals surface area contributed by atoms with E-state index in [4.69, 9.17) is 0 Å². The van der Waals surface area contributed by atoms with Crippen LogP contribution < -0.4 is 0 Å². The van der Waals surface area contributed by atoms with Gasteiger partial charge in [0.2, 0.25) is 5.91 Å². The molecule has 0 atom stereocenters. The van der Waals surface area contributed by atoms with Gasteiger partial charge in [-0.2, -0.15) is 0 Å². The topological polar surface area (TPSA) is 54.5 Å². The summed E-state index contributed by atoms with van der Waals surface area (Å²) < 4.78 is 24.6. The number of benzene rings is 1. The van der Waals surface area contributed by atoms with Crippen LogP contribution >= 0.6 is 0 Å². The molecule has 2 aliphatic rings. The van der Waals surface area contributed by atoms with Crippen LogP contribution in [0.5, 0.6) is 0 Å². The molecule has 0 radical (unpaired) electrons. The summed E-state index contributed by atoms with van der Waals surface area (Å²) in [6, 6.07) is 8.46. The van der Waals surface area contributed by atoms with E-state index in [-0.39, 0.29) is 23.3 Å². The highest BCUT2D eigenvalue weighted by Gasteiger charge is 2.30. The molecule has 1 aromatic rings. The molecular weight excluding hydrogens is 334 g/mol. The van der Waals surface area contributed by atoms with Crippen molar-refractivity contribution in [3.05, 3.63) is 35.4 Å². The number of hydrogen-bond acceptors (Lipinski definition) is 3. The average molecular weight is 364 g/mol. The molecule has 138 valence electrons. The minimum atomic E-state index is -3.10. The fraction of sp³-hybridized carbons (Fsp3) is 0.650. The van der Waals surface area contributed by atoms with Crippen LogP contribution in [0.25, 0.3) is 0 Å². The largest absolute Gasteiger partial charge is 0.343 e. The van der Waals surface area contributed by atoms with E-state index in [1.165, 1.54) is 11.1 Å². The molecule has 0 N–H and O–H groups in total. The van der Waals surface area contributed by atoms with Crippen molar-refractivity contribution in [1.82, 2.24) is 4.90 Å². The highest BCUT2D eigenvalue weighted by molar-refractivity contribution is 7.92. The number of hydrogen-bond donors (Lipinski definition) is 0. The van der Waals surface area contributed by atoms with Crippen molar-refractivity contribution in [3.63, 3.8) is 0 Å². The van der Waals surface area contributed by atoms with Gasteiger partial charge >= 0.3 is 0 Å². The van der Waals surface area contributed by atoms with E-state index in [9.17, 15) is 13.2 Å². The number of rotatable bonds is 5. The van der Waals surface area contributed by atoms with Gasteiger partial charge in [0.05, 0.1) is 11.0 Å². The van der Waals surface area contributed by atoms with Crippen LogP contribution in [0, 0.1) is 6.92 Å². The third kappa shape index (κ3) is 4.43. The second-order valence-electron chi connectivity index (χ2n) is 7.54. The molecular formula is C20H29NO3S. The Morgan fingerprint density at radius 3 is 2.36 bits per heavy atom. The van der Waals surface area contributed by atoms with Gasteiger partial charge in [0.1, 0.15) is 0 Å². The van der Waals surface area contributed by atoms with Gasteiger partial charge in [-0.25, -0.2) is 8.42 Å². The van der Waals surface area contributed by atoms with Crippen molar-refractivity contribution >= 4 is 15.7 Å². The molecule has 1 aromatic carbocycles. The lowest BCUT2D eigenvalue weighted by atomic mass is 9.87. The maximum Gasteiger partial charge on any atom is 0.223 e. The average Bonchev–Trinajstić information content (AvgIpc) is 3.16. The summed E-state index contributed by atoms with van der Waals surface area (Å²) in [5.74, 6) is 0.533. The summed E-state index contributed by atoms with van der Waals surface area (Å²) in [6.07, 6.45) is 5.64. The van der Waals surface area contributed by atoms with Crippen LogP contribution in [0.1, 0.15) is 62.0 Å². The number of piperidine rings is 1. The second-order valence-corrected chi connectivity index (χ2v) is 9.94. The number of carbonyl (C=O) groups is 1. The van der Waals surface area contributed by atoms with Gasteiger partial charge in [-0.1, -0.05) is 37.1 Å². The minimum Gasteiger partial charge on any atom is -0.343 e. The summed E-state index contributed by atoms with van der Waals surface area (Å²) in [4.78, 5) is 14.3. The van der Waals surface area contributed by atoms with Gasteiger partial charge in [-0.05, 0) is 49.7 Å². The van der Waals surface area contributed by atoms with Crippen LogP contribution in [-0.4, -0.2) is 43.3 Å². The minimum absolute atomic E-state index is 0.00445. The molecule has 1 heterocycles. The lowest BCUT2D eigenvalue weighted by Gasteiger charge is -2.33. The van der Waals surface area contributed by atoms with Crippen molar-refractivity contribution in [2.45, 2.75) is 63.0 Å². The maximum absolute atomic E-state index is 12.4. The Morgan fingerprint density at radius 1 is 1.08 bits per heavy atom. The third-order valence-electron chi connectivity index (χ3n) is 5.89. The van der Waals surface area contributed by atoms with Crippen LogP contribution in [0.15, 0.2) is 24.3 Å². The number of amides is 1. The zero-order valence-corrected chi connectivity index (χ0v) is 15.9. The second kappa shape index (κ2) is 7.90. The Kier molecular flexibility index (Phi) is 5.82. The van der Waals surface area contributed by atoms with E-state index in [1.54, 1.807) is 0 Å². The molecule has 0 bridgehead atoms. The van der Waals surface area contributed by atoms with Gasteiger partial charge in [-0.3, -0.25) is 4.79 Å². The summed E-state index contributed by atoms with van der Waals surface area (Å²) in [7, 11) is -3.10. The standard InChI is InChI=1S/C20H29NO3S/c1-16-6-2-5-9-19(16)17-10-13-21(14-11-17)20(22)12-15-25(23,24)18-7-3-4-8-18/h2,5-6,9,17-18H,3-4,7-8,10-15H2,1H3. The highest BCUT2D eigenvalue weighted by atomic mass is 32.2. The first-order valence-electron chi connectivity index (χ1n) is 9.52. The quantitative estimate of drug-likeness (QED) is 0.805. The van der Waals surface area contributed by atoms with Crippen LogP contribution in [-0.2, 0) is 14.6 Å². The summed E-state index contributed by atoms with van der Waals surface area (Å²) >= 11 is 0. The molecule has 1 saturated carbocycles. The Bertz CT molecular complexity index is 699. The zero-order valence-electron chi connectivity index (χ0n) is 15.1. The molecule has 5 heteroatoms. The molecule has 25 heavy (non-hydrogen) atoms. The van der Waals surface area contributed by atoms with Crippen LogP contribution in [0.2, 0.25) is 0 Å². The van der Waals surface area contributed by atoms with Crippen LogP contribution in [0.3, 0.4) is 0 Å². The molecule has 1 saturated heterocycles. The van der Waals surface area contributed by atoms with E-state index in [2.05, 4.69) is 31.2 Å². The smallest absolute Gasteiger partial charge is 0.223 e.